The first-order valence-corrected chi connectivity index (χ1v) is 4.77. The molecule has 9 heavy (non-hydrogen) atoms. The fraction of sp³-hybridized carbons (Fsp3) is 0.800. The van der Waals surface area contributed by atoms with E-state index >= 15 is 0 Å². The van der Waals surface area contributed by atoms with Gasteiger partial charge in [-0.25, -0.2) is 4.79 Å². The Morgan fingerprint density at radius 3 is 2.89 bits per heavy atom. The van der Waals surface area contributed by atoms with Gasteiger partial charge in [-0.1, -0.05) is 15.9 Å². The molecule has 0 aromatic heterocycles. The van der Waals surface area contributed by atoms with Crippen LogP contribution in [0.1, 0.15) is 6.92 Å². The highest BCUT2D eigenvalue weighted by Gasteiger charge is 1.98. The molecule has 0 atom stereocenters. The molecule has 0 spiro atoms. The van der Waals surface area contributed by atoms with E-state index in [1.165, 1.54) is 11.8 Å². The second-order valence-corrected chi connectivity index (χ2v) is 3.04. The number of thioether (sulfide) groups is 1. The van der Waals surface area contributed by atoms with Gasteiger partial charge in [0.1, 0.15) is 0 Å². The minimum atomic E-state index is -0.183. The van der Waals surface area contributed by atoms with Crippen LogP contribution in [-0.2, 0) is 4.74 Å². The van der Waals surface area contributed by atoms with Crippen LogP contribution >= 0.6 is 27.7 Å². The summed E-state index contributed by atoms with van der Waals surface area (Å²) in [6.07, 6.45) is 0. The largest absolute Gasteiger partial charge is 0.458 e. The zero-order valence-electron chi connectivity index (χ0n) is 5.22. The Morgan fingerprint density at radius 1 is 1.78 bits per heavy atom. The van der Waals surface area contributed by atoms with Crippen LogP contribution in [-0.4, -0.2) is 23.0 Å². The van der Waals surface area contributed by atoms with Crippen molar-refractivity contribution in [1.82, 2.24) is 0 Å². The maximum Gasteiger partial charge on any atom is 0.367 e. The van der Waals surface area contributed by atoms with E-state index in [4.69, 9.17) is 0 Å². The average Bonchev–Trinajstić information content (AvgIpc) is 1.85. The highest BCUT2D eigenvalue weighted by Crippen LogP contribution is 2.05. The van der Waals surface area contributed by atoms with Crippen molar-refractivity contribution in [3.05, 3.63) is 0 Å². The second kappa shape index (κ2) is 6.42. The second-order valence-electron chi connectivity index (χ2n) is 1.22. The minimum absolute atomic E-state index is 0.183. The molecule has 0 aliphatic heterocycles. The number of carbonyl (C=O) groups is 1. The molecular weight excluding hydrogens is 204 g/mol. The summed E-state index contributed by atoms with van der Waals surface area (Å²) in [6.45, 7) is 2.26. The SMILES string of the molecule is CCOC(=O)SCCBr. The van der Waals surface area contributed by atoms with E-state index < -0.39 is 0 Å². The van der Waals surface area contributed by atoms with Crippen molar-refractivity contribution in [3.63, 3.8) is 0 Å². The van der Waals surface area contributed by atoms with Crippen LogP contribution in [0.15, 0.2) is 0 Å². The summed E-state index contributed by atoms with van der Waals surface area (Å²) in [4.78, 5) is 10.5. The predicted octanol–water partition coefficient (Wildman–Crippen LogP) is 2.27. The van der Waals surface area contributed by atoms with Crippen LogP contribution in [0.2, 0.25) is 0 Å². The summed E-state index contributed by atoms with van der Waals surface area (Å²) in [5.74, 6) is 0.777. The maximum absolute atomic E-state index is 10.5. The van der Waals surface area contributed by atoms with E-state index in [0.29, 0.717) is 6.61 Å². The standard InChI is InChI=1S/C5H9BrO2S/c1-2-8-5(7)9-4-3-6/h2-4H2,1H3. The van der Waals surface area contributed by atoms with Gasteiger partial charge in [-0.15, -0.1) is 0 Å². The van der Waals surface area contributed by atoms with Crippen molar-refractivity contribution in [2.45, 2.75) is 6.92 Å². The van der Waals surface area contributed by atoms with Crippen LogP contribution < -0.4 is 0 Å². The first kappa shape index (κ1) is 9.30. The Morgan fingerprint density at radius 2 is 2.44 bits per heavy atom. The van der Waals surface area contributed by atoms with Gasteiger partial charge in [0.15, 0.2) is 0 Å². The summed E-state index contributed by atoms with van der Waals surface area (Å²) >= 11 is 4.39. The molecule has 0 bridgehead atoms. The topological polar surface area (TPSA) is 26.3 Å². The molecule has 0 aromatic carbocycles. The monoisotopic (exact) mass is 212 g/mol. The van der Waals surface area contributed by atoms with E-state index in [9.17, 15) is 4.79 Å². The van der Waals surface area contributed by atoms with Crippen LogP contribution in [0.25, 0.3) is 0 Å². The Bertz CT molecular complexity index is 87.0. The normalized spacial score (nSPS) is 9.11. The van der Waals surface area contributed by atoms with Gasteiger partial charge in [-0.3, -0.25) is 0 Å². The third kappa shape index (κ3) is 6.18. The van der Waals surface area contributed by atoms with E-state index in [2.05, 4.69) is 20.7 Å². The molecule has 0 heterocycles. The molecule has 0 rings (SSSR count). The lowest BCUT2D eigenvalue weighted by Gasteiger charge is -1.96. The number of ether oxygens (including phenoxy) is 1. The Kier molecular flexibility index (Phi) is 6.63. The molecule has 0 aliphatic rings. The van der Waals surface area contributed by atoms with Crippen molar-refractivity contribution >= 4 is 33.0 Å². The van der Waals surface area contributed by atoms with Gasteiger partial charge in [-0.2, -0.15) is 0 Å². The molecule has 0 unspecified atom stereocenters. The number of alkyl halides is 1. The molecule has 0 fully saturated rings. The fourth-order valence-electron chi connectivity index (χ4n) is 0.281. The molecule has 0 aromatic rings. The molecule has 4 heteroatoms. The lowest BCUT2D eigenvalue weighted by Crippen LogP contribution is -1.97. The number of carbonyl (C=O) groups excluding carboxylic acids is 1. The van der Waals surface area contributed by atoms with Crippen molar-refractivity contribution in [2.75, 3.05) is 17.7 Å². The number of hydrogen-bond donors (Lipinski definition) is 0. The smallest absolute Gasteiger partial charge is 0.367 e. The lowest BCUT2D eigenvalue weighted by atomic mass is 10.9. The molecule has 0 N–H and O–H groups in total. The zero-order valence-corrected chi connectivity index (χ0v) is 7.63. The van der Waals surface area contributed by atoms with Gasteiger partial charge in [0.05, 0.1) is 6.61 Å². The molecule has 0 radical (unpaired) electrons. The van der Waals surface area contributed by atoms with Crippen molar-refractivity contribution in [1.29, 1.82) is 0 Å². The lowest BCUT2D eigenvalue weighted by molar-refractivity contribution is 0.181. The third-order valence-electron chi connectivity index (χ3n) is 0.559. The van der Waals surface area contributed by atoms with E-state index in [-0.39, 0.29) is 5.30 Å². The summed E-state index contributed by atoms with van der Waals surface area (Å²) in [6, 6.07) is 0. The van der Waals surface area contributed by atoms with Gasteiger partial charge >= 0.3 is 5.30 Å². The van der Waals surface area contributed by atoms with E-state index in [1.54, 1.807) is 6.92 Å². The van der Waals surface area contributed by atoms with Crippen LogP contribution in [0.5, 0.6) is 0 Å². The van der Waals surface area contributed by atoms with Gasteiger partial charge < -0.3 is 4.74 Å². The van der Waals surface area contributed by atoms with Gasteiger partial charge in [0.2, 0.25) is 0 Å². The fourth-order valence-corrected chi connectivity index (χ4v) is 1.21. The number of halogens is 1. The first-order chi connectivity index (χ1) is 4.31. The Labute approximate surface area is 67.5 Å². The van der Waals surface area contributed by atoms with Gasteiger partial charge in [-0.05, 0) is 18.7 Å². The van der Waals surface area contributed by atoms with Crippen molar-refractivity contribution in [3.8, 4) is 0 Å². The quantitative estimate of drug-likeness (QED) is 0.531. The molecule has 54 valence electrons. The zero-order chi connectivity index (χ0) is 7.11. The highest BCUT2D eigenvalue weighted by atomic mass is 79.9. The van der Waals surface area contributed by atoms with Crippen molar-refractivity contribution < 1.29 is 9.53 Å². The molecule has 0 aliphatic carbocycles. The first-order valence-electron chi connectivity index (χ1n) is 2.66. The molecule has 0 saturated heterocycles. The van der Waals surface area contributed by atoms with Gasteiger partial charge in [0.25, 0.3) is 0 Å². The molecule has 0 amide bonds. The van der Waals surface area contributed by atoms with Crippen LogP contribution in [0.4, 0.5) is 4.79 Å². The third-order valence-corrected chi connectivity index (χ3v) is 2.24. The summed E-state index contributed by atoms with van der Waals surface area (Å²) in [5, 5.41) is 0.646. The molecule has 2 nitrogen and oxygen atoms in total. The van der Waals surface area contributed by atoms with E-state index in [0.717, 1.165) is 11.1 Å². The average molecular weight is 213 g/mol. The number of hydrogen-bond acceptors (Lipinski definition) is 3. The summed E-state index contributed by atoms with van der Waals surface area (Å²) < 4.78 is 4.65. The van der Waals surface area contributed by atoms with Gasteiger partial charge in [0, 0.05) is 11.1 Å². The Hall–Kier alpha value is 0.300. The summed E-state index contributed by atoms with van der Waals surface area (Å²) in [5.41, 5.74) is 0. The molecular formula is C5H9BrO2S. The molecule has 0 saturated carbocycles. The highest BCUT2D eigenvalue weighted by molar-refractivity contribution is 9.09. The van der Waals surface area contributed by atoms with Crippen LogP contribution in [0, 0.1) is 0 Å². The Balaban J connectivity index is 3.06. The van der Waals surface area contributed by atoms with Crippen molar-refractivity contribution in [2.24, 2.45) is 0 Å². The number of rotatable bonds is 3. The van der Waals surface area contributed by atoms with Crippen LogP contribution in [0.3, 0.4) is 0 Å². The van der Waals surface area contributed by atoms with E-state index in [1.807, 2.05) is 0 Å². The maximum atomic E-state index is 10.5. The minimum Gasteiger partial charge on any atom is -0.458 e. The summed E-state index contributed by atoms with van der Waals surface area (Å²) in [7, 11) is 0. The predicted molar refractivity (Wildman–Crippen MR) is 43.3 cm³/mol.